The minimum Gasteiger partial charge on any atom is -0.464 e. The fourth-order valence-electron chi connectivity index (χ4n) is 3.48. The molecule has 0 fully saturated rings. The number of hydrogen-bond donors (Lipinski definition) is 0. The second kappa shape index (κ2) is 8.32. The Morgan fingerprint density at radius 2 is 1.68 bits per heavy atom. The Hall–Kier alpha value is -2.11. The number of methoxy groups -OCH3 is 1. The van der Waals surface area contributed by atoms with E-state index in [4.69, 9.17) is 4.74 Å². The summed E-state index contributed by atoms with van der Waals surface area (Å²) in [6.45, 7) is 13.4. The predicted octanol–water partition coefficient (Wildman–Crippen LogP) is 3.13. The highest BCUT2D eigenvalue weighted by molar-refractivity contribution is 6.06. The maximum Gasteiger partial charge on any atom is 0.354 e. The third kappa shape index (κ3) is 3.78. The molecular formula is C19H30N2O4. The van der Waals surface area contributed by atoms with Gasteiger partial charge >= 0.3 is 5.97 Å². The van der Waals surface area contributed by atoms with Crippen LogP contribution in [-0.2, 0) is 16.1 Å². The first-order valence-electron chi connectivity index (χ1n) is 8.77. The molecule has 25 heavy (non-hydrogen) atoms. The third-order valence-electron chi connectivity index (χ3n) is 4.65. The first-order chi connectivity index (χ1) is 11.6. The molecule has 0 aromatic carbocycles. The lowest BCUT2D eigenvalue weighted by atomic mass is 9.99. The van der Waals surface area contributed by atoms with Crippen molar-refractivity contribution in [3.63, 3.8) is 0 Å². The van der Waals surface area contributed by atoms with Gasteiger partial charge in [0, 0.05) is 30.3 Å². The van der Waals surface area contributed by atoms with Crippen LogP contribution in [0.4, 0.5) is 0 Å². The van der Waals surface area contributed by atoms with Crippen molar-refractivity contribution < 1.29 is 19.1 Å². The van der Waals surface area contributed by atoms with E-state index in [1.54, 1.807) is 30.2 Å². The molecule has 1 aromatic heterocycles. The third-order valence-corrected chi connectivity index (χ3v) is 4.65. The van der Waals surface area contributed by atoms with E-state index in [0.717, 1.165) is 5.69 Å². The second-order valence-electron chi connectivity index (χ2n) is 6.46. The summed E-state index contributed by atoms with van der Waals surface area (Å²) in [7, 11) is 1.33. The van der Waals surface area contributed by atoms with E-state index in [2.05, 4.69) is 0 Å². The van der Waals surface area contributed by atoms with E-state index in [-0.39, 0.29) is 17.7 Å². The normalized spacial score (nSPS) is 12.2. The smallest absolute Gasteiger partial charge is 0.354 e. The van der Waals surface area contributed by atoms with Crippen LogP contribution in [0.2, 0.25) is 0 Å². The molecule has 6 nitrogen and oxygen atoms in total. The Kier molecular flexibility index (Phi) is 6.96. The number of ether oxygens (including phenoxy) is 1. The molecule has 0 saturated heterocycles. The van der Waals surface area contributed by atoms with Crippen LogP contribution < -0.4 is 0 Å². The number of carbonyl (C=O) groups is 3. The predicted molar refractivity (Wildman–Crippen MR) is 97.0 cm³/mol. The zero-order valence-corrected chi connectivity index (χ0v) is 16.6. The van der Waals surface area contributed by atoms with Gasteiger partial charge in [0.25, 0.3) is 0 Å². The highest BCUT2D eigenvalue weighted by atomic mass is 16.5. The van der Waals surface area contributed by atoms with Crippen molar-refractivity contribution in [3.8, 4) is 0 Å². The first-order valence-corrected chi connectivity index (χ1v) is 8.77. The summed E-state index contributed by atoms with van der Waals surface area (Å²) in [5, 5.41) is 0. The van der Waals surface area contributed by atoms with Crippen molar-refractivity contribution in [1.29, 1.82) is 0 Å². The molecule has 0 N–H and O–H groups in total. The molecule has 1 unspecified atom stereocenters. The minimum atomic E-state index is -0.594. The van der Waals surface area contributed by atoms with E-state index in [1.807, 2.05) is 27.7 Å². The van der Waals surface area contributed by atoms with Gasteiger partial charge in [-0.2, -0.15) is 0 Å². The van der Waals surface area contributed by atoms with Gasteiger partial charge in [0.15, 0.2) is 5.78 Å². The molecule has 0 radical (unpaired) electrons. The van der Waals surface area contributed by atoms with Crippen LogP contribution in [0.25, 0.3) is 0 Å². The molecule has 1 heterocycles. The summed E-state index contributed by atoms with van der Waals surface area (Å²) in [4.78, 5) is 39.2. The largest absolute Gasteiger partial charge is 0.464 e. The van der Waals surface area contributed by atoms with Crippen molar-refractivity contribution >= 4 is 17.7 Å². The van der Waals surface area contributed by atoms with Gasteiger partial charge in [0.1, 0.15) is 5.69 Å². The van der Waals surface area contributed by atoms with Crippen molar-refractivity contribution in [2.75, 3.05) is 7.11 Å². The van der Waals surface area contributed by atoms with Gasteiger partial charge in [-0.1, -0.05) is 6.92 Å². The fourth-order valence-corrected chi connectivity index (χ4v) is 3.48. The zero-order chi connectivity index (χ0) is 19.5. The molecule has 0 spiro atoms. The van der Waals surface area contributed by atoms with Crippen LogP contribution in [0.3, 0.4) is 0 Å². The van der Waals surface area contributed by atoms with E-state index in [9.17, 15) is 14.4 Å². The van der Waals surface area contributed by atoms with Gasteiger partial charge < -0.3 is 14.2 Å². The Morgan fingerprint density at radius 3 is 2.08 bits per heavy atom. The number of carbonyl (C=O) groups excluding carboxylic acids is 3. The molecule has 0 saturated carbocycles. The fraction of sp³-hybridized carbons (Fsp3) is 0.632. The molecule has 1 aromatic rings. The maximum absolute atomic E-state index is 13.2. The monoisotopic (exact) mass is 350 g/mol. The van der Waals surface area contributed by atoms with Crippen LogP contribution in [0, 0.1) is 13.8 Å². The number of Topliss-reactive ketones (excluding diaryl/α,β-unsaturated/α-hetero) is 1. The highest BCUT2D eigenvalue weighted by Crippen LogP contribution is 2.26. The summed E-state index contributed by atoms with van der Waals surface area (Å²) < 4.78 is 6.67. The molecule has 140 valence electrons. The number of ketones is 1. The lowest BCUT2D eigenvalue weighted by molar-refractivity contribution is -0.133. The molecule has 1 atom stereocenters. The van der Waals surface area contributed by atoms with E-state index in [1.165, 1.54) is 7.11 Å². The van der Waals surface area contributed by atoms with Crippen LogP contribution in [0.5, 0.6) is 0 Å². The SMILES string of the molecule is CCC(=O)N(C(C)C)C(C)C(=O)c1c(C)c(C(=O)OC)n(CC)c1C. The summed E-state index contributed by atoms with van der Waals surface area (Å²) in [5.74, 6) is -0.670. The Morgan fingerprint density at radius 1 is 1.12 bits per heavy atom. The van der Waals surface area contributed by atoms with Gasteiger partial charge in [0.2, 0.25) is 5.91 Å². The average molecular weight is 350 g/mol. The van der Waals surface area contributed by atoms with Gasteiger partial charge in [-0.3, -0.25) is 9.59 Å². The average Bonchev–Trinajstić information content (AvgIpc) is 2.82. The Bertz CT molecular complexity index is 673. The molecule has 6 heteroatoms. The summed E-state index contributed by atoms with van der Waals surface area (Å²) >= 11 is 0. The molecule has 0 aliphatic carbocycles. The minimum absolute atomic E-state index is 0.0609. The number of amides is 1. The number of rotatable bonds is 7. The lowest BCUT2D eigenvalue weighted by Crippen LogP contribution is -2.47. The summed E-state index contributed by atoms with van der Waals surface area (Å²) in [6.07, 6.45) is 0.344. The summed E-state index contributed by atoms with van der Waals surface area (Å²) in [6, 6.07) is -0.677. The number of nitrogens with zero attached hydrogens (tertiary/aromatic N) is 2. The quantitative estimate of drug-likeness (QED) is 0.560. The van der Waals surface area contributed by atoms with Crippen molar-refractivity contribution in [2.45, 2.75) is 73.5 Å². The summed E-state index contributed by atoms with van der Waals surface area (Å²) in [5.41, 5.74) is 2.24. The Labute approximate surface area is 150 Å². The van der Waals surface area contributed by atoms with Gasteiger partial charge in [-0.25, -0.2) is 4.79 Å². The van der Waals surface area contributed by atoms with Gasteiger partial charge in [0.05, 0.1) is 13.2 Å². The molecule has 1 rings (SSSR count). The maximum atomic E-state index is 13.2. The van der Waals surface area contributed by atoms with Gasteiger partial charge in [-0.05, 0) is 47.1 Å². The van der Waals surface area contributed by atoms with E-state index >= 15 is 0 Å². The van der Waals surface area contributed by atoms with Crippen molar-refractivity contribution in [3.05, 3.63) is 22.5 Å². The lowest BCUT2D eigenvalue weighted by Gasteiger charge is -2.32. The van der Waals surface area contributed by atoms with Crippen LogP contribution in [-0.4, -0.2) is 46.3 Å². The molecule has 0 aliphatic rings. The van der Waals surface area contributed by atoms with Crippen molar-refractivity contribution in [2.24, 2.45) is 0 Å². The molecule has 0 bridgehead atoms. The number of esters is 1. The first kappa shape index (κ1) is 20.9. The Balaban J connectivity index is 3.45. The van der Waals surface area contributed by atoms with Crippen LogP contribution in [0.15, 0.2) is 0 Å². The molecule has 0 aliphatic heterocycles. The molecule has 1 amide bonds. The standard InChI is InChI=1S/C19H30N2O4/c1-9-15(22)21(11(3)4)14(7)18(23)16-12(5)17(19(24)25-8)20(10-2)13(16)6/h11,14H,9-10H2,1-8H3. The van der Waals surface area contributed by atoms with E-state index < -0.39 is 12.0 Å². The van der Waals surface area contributed by atoms with Gasteiger partial charge in [-0.15, -0.1) is 0 Å². The van der Waals surface area contributed by atoms with Crippen LogP contribution in [0.1, 0.15) is 73.1 Å². The zero-order valence-electron chi connectivity index (χ0n) is 16.6. The second-order valence-corrected chi connectivity index (χ2v) is 6.46. The van der Waals surface area contributed by atoms with Crippen LogP contribution >= 0.6 is 0 Å². The number of aromatic nitrogens is 1. The topological polar surface area (TPSA) is 68.6 Å². The molecular weight excluding hydrogens is 320 g/mol. The van der Waals surface area contributed by atoms with E-state index in [0.29, 0.717) is 29.8 Å². The number of hydrogen-bond acceptors (Lipinski definition) is 4. The van der Waals surface area contributed by atoms with Crippen molar-refractivity contribution in [1.82, 2.24) is 9.47 Å². The highest BCUT2D eigenvalue weighted by Gasteiger charge is 2.33.